The van der Waals surface area contributed by atoms with Crippen LogP contribution in [0.3, 0.4) is 0 Å². The lowest BCUT2D eigenvalue weighted by molar-refractivity contribution is -0.142. The van der Waals surface area contributed by atoms with Crippen molar-refractivity contribution in [2.24, 2.45) is 0 Å². The molecule has 0 N–H and O–H groups in total. The summed E-state index contributed by atoms with van der Waals surface area (Å²) in [6.07, 6.45) is 7.23. The van der Waals surface area contributed by atoms with Gasteiger partial charge in [0.05, 0.1) is 20.3 Å². The van der Waals surface area contributed by atoms with Crippen LogP contribution in [0.2, 0.25) is 0 Å². The maximum atomic E-state index is 11.4. The molecule has 0 saturated heterocycles. The lowest BCUT2D eigenvalue weighted by Gasteiger charge is -2.27. The Morgan fingerprint density at radius 1 is 1.28 bits per heavy atom. The summed E-state index contributed by atoms with van der Waals surface area (Å²) in [5.41, 5.74) is 0. The van der Waals surface area contributed by atoms with Crippen LogP contribution in [-0.4, -0.2) is 50.3 Å². The molecular formula is C14H27NO3. The van der Waals surface area contributed by atoms with Crippen molar-refractivity contribution in [3.8, 4) is 0 Å². The lowest BCUT2D eigenvalue weighted by Crippen LogP contribution is -2.40. The Hall–Kier alpha value is -0.610. The molecule has 1 aliphatic rings. The molecular weight excluding hydrogens is 230 g/mol. The van der Waals surface area contributed by atoms with E-state index < -0.39 is 0 Å². The van der Waals surface area contributed by atoms with Crippen molar-refractivity contribution >= 4 is 5.97 Å². The number of nitrogens with zero attached hydrogens (tertiary/aromatic N) is 1. The number of rotatable bonds is 9. The third-order valence-electron chi connectivity index (χ3n) is 3.57. The monoisotopic (exact) mass is 257 g/mol. The fourth-order valence-corrected chi connectivity index (χ4v) is 2.42. The minimum atomic E-state index is -0.143. The van der Waals surface area contributed by atoms with E-state index >= 15 is 0 Å². The smallest absolute Gasteiger partial charge is 0.319 e. The molecule has 4 heteroatoms. The van der Waals surface area contributed by atoms with Gasteiger partial charge in [-0.2, -0.15) is 0 Å². The molecule has 0 aromatic carbocycles. The van der Waals surface area contributed by atoms with Crippen LogP contribution in [0.25, 0.3) is 0 Å². The van der Waals surface area contributed by atoms with Crippen LogP contribution in [0.5, 0.6) is 0 Å². The van der Waals surface area contributed by atoms with Crippen molar-refractivity contribution in [2.45, 2.75) is 51.5 Å². The first-order valence-electron chi connectivity index (χ1n) is 7.16. The van der Waals surface area contributed by atoms with E-state index in [-0.39, 0.29) is 5.97 Å². The summed E-state index contributed by atoms with van der Waals surface area (Å²) < 4.78 is 10.3. The Kier molecular flexibility index (Phi) is 8.01. The van der Waals surface area contributed by atoms with Gasteiger partial charge in [0.2, 0.25) is 0 Å². The third-order valence-corrected chi connectivity index (χ3v) is 3.57. The molecule has 0 unspecified atom stereocenters. The highest BCUT2D eigenvalue weighted by atomic mass is 16.5. The van der Waals surface area contributed by atoms with Crippen LogP contribution in [0.15, 0.2) is 0 Å². The van der Waals surface area contributed by atoms with Gasteiger partial charge in [0, 0.05) is 19.2 Å². The van der Waals surface area contributed by atoms with E-state index in [1.165, 1.54) is 32.8 Å². The fraction of sp³-hybridized carbons (Fsp3) is 0.929. The highest BCUT2D eigenvalue weighted by Gasteiger charge is 2.24. The van der Waals surface area contributed by atoms with Crippen molar-refractivity contribution in [3.63, 3.8) is 0 Å². The van der Waals surface area contributed by atoms with Crippen LogP contribution in [-0.2, 0) is 14.3 Å². The second-order valence-electron chi connectivity index (χ2n) is 4.95. The quantitative estimate of drug-likeness (QED) is 0.469. The normalized spacial score (nSPS) is 16.4. The number of unbranched alkanes of at least 4 members (excludes halogenated alkanes) is 1. The van der Waals surface area contributed by atoms with Gasteiger partial charge in [0.15, 0.2) is 0 Å². The van der Waals surface area contributed by atoms with Gasteiger partial charge >= 0.3 is 5.97 Å². The number of ether oxygens (including phenoxy) is 2. The Morgan fingerprint density at radius 3 is 2.61 bits per heavy atom. The Bertz CT molecular complexity index is 227. The van der Waals surface area contributed by atoms with E-state index in [2.05, 4.69) is 11.8 Å². The van der Waals surface area contributed by atoms with Crippen LogP contribution in [0.1, 0.15) is 45.4 Å². The van der Waals surface area contributed by atoms with Crippen LogP contribution < -0.4 is 0 Å². The average molecular weight is 257 g/mol. The fourth-order valence-electron chi connectivity index (χ4n) is 2.42. The molecule has 1 rings (SSSR count). The van der Waals surface area contributed by atoms with Crippen LogP contribution in [0.4, 0.5) is 0 Å². The molecule has 1 aliphatic carbocycles. The van der Waals surface area contributed by atoms with Crippen molar-refractivity contribution < 1.29 is 14.3 Å². The van der Waals surface area contributed by atoms with Gasteiger partial charge in [-0.1, -0.05) is 26.2 Å². The number of hydrogen-bond donors (Lipinski definition) is 0. The molecule has 0 aromatic rings. The standard InChI is InChI=1S/C14H27NO3/c1-3-4-10-18-11-9-15(12-14(16)17-2)13-7-5-6-8-13/h13H,3-12H2,1-2H3. The van der Waals surface area contributed by atoms with Crippen LogP contribution in [0, 0.1) is 0 Å². The topological polar surface area (TPSA) is 38.8 Å². The molecule has 0 aliphatic heterocycles. The first-order valence-corrected chi connectivity index (χ1v) is 7.16. The summed E-state index contributed by atoms with van der Waals surface area (Å²) in [7, 11) is 1.45. The van der Waals surface area contributed by atoms with Gasteiger partial charge in [-0.05, 0) is 19.3 Å². The van der Waals surface area contributed by atoms with Crippen molar-refractivity contribution in [3.05, 3.63) is 0 Å². The molecule has 1 fully saturated rings. The van der Waals surface area contributed by atoms with E-state index in [4.69, 9.17) is 9.47 Å². The number of carbonyl (C=O) groups excluding carboxylic acids is 1. The molecule has 4 nitrogen and oxygen atoms in total. The van der Waals surface area contributed by atoms with E-state index in [1.807, 2.05) is 0 Å². The van der Waals surface area contributed by atoms with Crippen molar-refractivity contribution in [2.75, 3.05) is 33.4 Å². The minimum absolute atomic E-state index is 0.143. The number of hydrogen-bond acceptors (Lipinski definition) is 4. The molecule has 0 atom stereocenters. The Morgan fingerprint density at radius 2 is 2.00 bits per heavy atom. The molecule has 18 heavy (non-hydrogen) atoms. The molecule has 0 radical (unpaired) electrons. The lowest BCUT2D eigenvalue weighted by atomic mass is 10.2. The van der Waals surface area contributed by atoms with Crippen LogP contribution >= 0.6 is 0 Å². The SMILES string of the molecule is CCCCOCCN(CC(=O)OC)C1CCCC1. The van der Waals surface area contributed by atoms with Crippen molar-refractivity contribution in [1.29, 1.82) is 0 Å². The predicted molar refractivity (Wildman–Crippen MR) is 71.6 cm³/mol. The van der Waals surface area contributed by atoms with Gasteiger partial charge in [-0.15, -0.1) is 0 Å². The first-order chi connectivity index (χ1) is 8.77. The van der Waals surface area contributed by atoms with E-state index in [9.17, 15) is 4.79 Å². The molecule has 0 bridgehead atoms. The summed E-state index contributed by atoms with van der Waals surface area (Å²) in [5.74, 6) is -0.143. The second kappa shape index (κ2) is 9.34. The molecule has 0 aromatic heterocycles. The molecule has 1 saturated carbocycles. The van der Waals surface area contributed by atoms with Gasteiger partial charge in [-0.25, -0.2) is 0 Å². The zero-order valence-electron chi connectivity index (χ0n) is 11.8. The molecule has 0 heterocycles. The summed E-state index contributed by atoms with van der Waals surface area (Å²) in [5, 5.41) is 0. The maximum Gasteiger partial charge on any atom is 0.319 e. The first kappa shape index (κ1) is 15.4. The maximum absolute atomic E-state index is 11.4. The summed E-state index contributed by atoms with van der Waals surface area (Å²) in [6, 6.07) is 0.541. The zero-order valence-corrected chi connectivity index (χ0v) is 11.8. The highest BCUT2D eigenvalue weighted by Crippen LogP contribution is 2.23. The summed E-state index contributed by atoms with van der Waals surface area (Å²) in [4.78, 5) is 13.6. The number of methoxy groups -OCH3 is 1. The van der Waals surface area contributed by atoms with Crippen molar-refractivity contribution in [1.82, 2.24) is 4.90 Å². The van der Waals surface area contributed by atoms with Gasteiger partial charge in [-0.3, -0.25) is 9.69 Å². The van der Waals surface area contributed by atoms with Gasteiger partial charge in [0.1, 0.15) is 0 Å². The van der Waals surface area contributed by atoms with Gasteiger partial charge in [0.25, 0.3) is 0 Å². The largest absolute Gasteiger partial charge is 0.468 e. The minimum Gasteiger partial charge on any atom is -0.468 e. The third kappa shape index (κ3) is 5.83. The second-order valence-corrected chi connectivity index (χ2v) is 4.95. The summed E-state index contributed by atoms with van der Waals surface area (Å²) in [6.45, 7) is 4.94. The predicted octanol–water partition coefficient (Wildman–Crippen LogP) is 2.22. The van der Waals surface area contributed by atoms with E-state index in [0.29, 0.717) is 19.2 Å². The zero-order chi connectivity index (χ0) is 13.2. The van der Waals surface area contributed by atoms with Gasteiger partial charge < -0.3 is 9.47 Å². The molecule has 0 spiro atoms. The Balaban J connectivity index is 2.27. The Labute approximate surface area is 111 Å². The highest BCUT2D eigenvalue weighted by molar-refractivity contribution is 5.71. The van der Waals surface area contributed by atoms with E-state index in [0.717, 1.165) is 26.0 Å². The number of carbonyl (C=O) groups is 1. The molecule has 106 valence electrons. The average Bonchev–Trinajstić information content (AvgIpc) is 2.90. The number of esters is 1. The summed E-state index contributed by atoms with van der Waals surface area (Å²) >= 11 is 0. The molecule has 0 amide bonds. The van der Waals surface area contributed by atoms with E-state index in [1.54, 1.807) is 0 Å².